The Morgan fingerprint density at radius 1 is 0.618 bits per heavy atom. The predicted molar refractivity (Wildman–Crippen MR) is 220 cm³/mol. The molecule has 0 amide bonds. The van der Waals surface area contributed by atoms with Crippen LogP contribution < -0.4 is 9.13 Å². The van der Waals surface area contributed by atoms with Crippen LogP contribution in [-0.2, 0) is 25.5 Å². The summed E-state index contributed by atoms with van der Waals surface area (Å²) < 4.78 is 12.4. The van der Waals surface area contributed by atoms with Crippen LogP contribution in [0.5, 0.6) is 0 Å². The number of benzene rings is 5. The molecule has 0 saturated heterocycles. The number of nitrogens with zero attached hydrogens (tertiary/aromatic N) is 4. The van der Waals surface area contributed by atoms with E-state index in [0.29, 0.717) is 16.7 Å². The molecule has 9 aromatic rings. The Labute approximate surface area is 336 Å². The number of hydrogen-bond donors (Lipinski definition) is 0. The van der Waals surface area contributed by atoms with Crippen molar-refractivity contribution < 1.29 is 33.7 Å². The summed E-state index contributed by atoms with van der Waals surface area (Å²) in [5, 5.41) is 14.6. The van der Waals surface area contributed by atoms with Gasteiger partial charge in [-0.05, 0) is 35.2 Å². The monoisotopic (exact) mass is 893 g/mol. The minimum atomic E-state index is 0. The van der Waals surface area contributed by atoms with Gasteiger partial charge in [-0.1, -0.05) is 99.1 Å². The van der Waals surface area contributed by atoms with Gasteiger partial charge in [0.25, 0.3) is 0 Å². The van der Waals surface area contributed by atoms with Gasteiger partial charge in [0, 0.05) is 55.7 Å². The van der Waals surface area contributed by atoms with Crippen LogP contribution >= 0.6 is 0 Å². The molecule has 0 atom stereocenters. The van der Waals surface area contributed by atoms with E-state index in [0.717, 1.165) is 71.9 Å². The fourth-order valence-corrected chi connectivity index (χ4v) is 7.40. The molecule has 55 heavy (non-hydrogen) atoms. The number of aromatic nitrogens is 3. The second-order valence-electron chi connectivity index (χ2n) is 14.6. The van der Waals surface area contributed by atoms with Crippen molar-refractivity contribution in [2.24, 2.45) is 0 Å². The molecule has 0 bridgehead atoms. The van der Waals surface area contributed by atoms with Crippen LogP contribution in [0.4, 0.5) is 0 Å². The van der Waals surface area contributed by atoms with Crippen LogP contribution in [0.3, 0.4) is 0 Å². The Kier molecular flexibility index (Phi) is 9.71. The average Bonchev–Trinajstić information content (AvgIpc) is 3.71. The van der Waals surface area contributed by atoms with Crippen molar-refractivity contribution in [1.29, 1.82) is 5.26 Å². The van der Waals surface area contributed by atoms with E-state index >= 15 is 0 Å². The second kappa shape index (κ2) is 14.5. The van der Waals surface area contributed by atoms with Gasteiger partial charge in [0.05, 0.1) is 46.1 Å². The van der Waals surface area contributed by atoms with Gasteiger partial charge in [0.1, 0.15) is 11.6 Å². The molecule has 5 nitrogen and oxygen atoms in total. The molecule has 0 unspecified atom stereocenters. The third kappa shape index (κ3) is 6.38. The van der Waals surface area contributed by atoms with Crippen molar-refractivity contribution in [2.75, 3.05) is 0 Å². The first-order chi connectivity index (χ1) is 26.1. The van der Waals surface area contributed by atoms with Gasteiger partial charge in [-0.15, -0.1) is 23.8 Å². The number of pyridine rings is 2. The summed E-state index contributed by atoms with van der Waals surface area (Å²) in [6, 6.07) is 45.4. The SMILES string of the molecule is [CH2-]c1ccc2c(oc3c(C#N)c(-n4c5ccccc5c5ccccc54)ccc32)c1-c1cccc[n+]1[CH2-].[CH2-]c1ccccc1-c1ccc(C(C)(C)C)c[n+]1[CH2-].[Ir]. The van der Waals surface area contributed by atoms with Gasteiger partial charge in [0.2, 0.25) is 0 Å². The van der Waals surface area contributed by atoms with E-state index in [2.05, 4.69) is 114 Å². The molecule has 6 heteroatoms. The summed E-state index contributed by atoms with van der Waals surface area (Å²) in [6.07, 6.45) is 4.00. The number of furan rings is 1. The van der Waals surface area contributed by atoms with E-state index in [9.17, 15) is 5.26 Å². The second-order valence-corrected chi connectivity index (χ2v) is 14.6. The van der Waals surface area contributed by atoms with E-state index in [4.69, 9.17) is 4.42 Å². The Bertz CT molecular complexity index is 2880. The van der Waals surface area contributed by atoms with E-state index in [1.165, 1.54) is 5.56 Å². The number of para-hydroxylation sites is 2. The fraction of sp³-hybridized carbons (Fsp3) is 0.0816. The zero-order valence-corrected chi connectivity index (χ0v) is 33.5. The minimum Gasteiger partial charge on any atom is -0.468 e. The third-order valence-electron chi connectivity index (χ3n) is 10.2. The molecule has 0 aliphatic rings. The summed E-state index contributed by atoms with van der Waals surface area (Å²) in [4.78, 5) is 0. The Hall–Kier alpha value is -6.38. The topological polar surface area (TPSA) is 49.6 Å². The summed E-state index contributed by atoms with van der Waals surface area (Å²) in [5.41, 5.74) is 12.0. The Balaban J connectivity index is 0.000000208. The summed E-state index contributed by atoms with van der Waals surface area (Å²) in [6.45, 7) is 14.9. The van der Waals surface area contributed by atoms with E-state index in [1.54, 1.807) is 0 Å². The van der Waals surface area contributed by atoms with Crippen molar-refractivity contribution in [2.45, 2.75) is 26.2 Å². The molecule has 0 spiro atoms. The normalized spacial score (nSPS) is 11.3. The minimum absolute atomic E-state index is 0. The summed E-state index contributed by atoms with van der Waals surface area (Å²) >= 11 is 0. The molecule has 0 saturated carbocycles. The Morgan fingerprint density at radius 2 is 1.24 bits per heavy atom. The molecule has 9 rings (SSSR count). The zero-order chi connectivity index (χ0) is 37.7. The van der Waals surface area contributed by atoms with Crippen LogP contribution in [0.25, 0.3) is 71.9 Å². The molecule has 1 radical (unpaired) electrons. The maximum atomic E-state index is 10.4. The van der Waals surface area contributed by atoms with Gasteiger partial charge >= 0.3 is 0 Å². The van der Waals surface area contributed by atoms with E-state index in [1.807, 2.05) is 94.2 Å². The molecular formula is C49H40IrN4O-2. The largest absolute Gasteiger partial charge is 0.468 e. The molecule has 4 aromatic heterocycles. The summed E-state index contributed by atoms with van der Waals surface area (Å²) in [7, 11) is 8.23. The van der Waals surface area contributed by atoms with Crippen LogP contribution in [0.15, 0.2) is 144 Å². The molecule has 273 valence electrons. The number of fused-ring (bicyclic) bond motifs is 6. The first-order valence-electron chi connectivity index (χ1n) is 17.9. The van der Waals surface area contributed by atoms with Gasteiger partial charge in [-0.25, -0.2) is 0 Å². The van der Waals surface area contributed by atoms with Crippen molar-refractivity contribution >= 4 is 43.7 Å². The molecule has 5 aromatic carbocycles. The van der Waals surface area contributed by atoms with Gasteiger partial charge in [-0.2, -0.15) is 42.4 Å². The first-order valence-corrected chi connectivity index (χ1v) is 17.9. The molecule has 0 N–H and O–H groups in total. The van der Waals surface area contributed by atoms with Crippen LogP contribution in [0.2, 0.25) is 0 Å². The molecule has 0 aliphatic carbocycles. The molecule has 0 fully saturated rings. The van der Waals surface area contributed by atoms with Gasteiger partial charge in [-0.3, -0.25) is 0 Å². The van der Waals surface area contributed by atoms with Crippen LogP contribution in [0.1, 0.15) is 43.0 Å². The standard InChI is InChI=1S/C32H20N3O.C17H20N.Ir/c1-20-14-15-24-23-16-17-28(35-26-11-5-3-9-21(26)22-10-4-6-12-27(22)35)25(19-33)31(23)36-32(24)30(20)29-13-7-8-18-34(29)2;1-13-8-6-7-9-15(13)16-11-10-14(12-18(16)5)17(2,3)4;/h3-18H,1-2H2;6-12H,1,5H2,2-4H3;/q2*-1;. The maximum Gasteiger partial charge on any atom is 0.153 e. The molecular weight excluding hydrogens is 853 g/mol. The number of nitriles is 1. The van der Waals surface area contributed by atoms with Crippen molar-refractivity contribution in [3.05, 3.63) is 190 Å². The van der Waals surface area contributed by atoms with E-state index in [-0.39, 0.29) is 25.5 Å². The van der Waals surface area contributed by atoms with Crippen molar-refractivity contribution in [1.82, 2.24) is 4.57 Å². The number of hydrogen-bond acceptors (Lipinski definition) is 2. The number of rotatable bonds is 3. The maximum absolute atomic E-state index is 10.4. The Morgan fingerprint density at radius 3 is 1.87 bits per heavy atom. The average molecular weight is 893 g/mol. The smallest absolute Gasteiger partial charge is 0.153 e. The van der Waals surface area contributed by atoms with Gasteiger partial charge in [0.15, 0.2) is 5.58 Å². The molecule has 4 heterocycles. The molecule has 0 aliphatic heterocycles. The third-order valence-corrected chi connectivity index (χ3v) is 10.2. The first kappa shape index (κ1) is 37.0. The van der Waals surface area contributed by atoms with Gasteiger partial charge < -0.3 is 18.1 Å². The van der Waals surface area contributed by atoms with Crippen LogP contribution in [0, 0.1) is 39.3 Å². The van der Waals surface area contributed by atoms with Crippen molar-refractivity contribution in [3.8, 4) is 34.3 Å². The summed E-state index contributed by atoms with van der Waals surface area (Å²) in [5.74, 6) is 0. The van der Waals surface area contributed by atoms with Crippen LogP contribution in [-0.4, -0.2) is 4.57 Å². The van der Waals surface area contributed by atoms with E-state index < -0.39 is 0 Å². The zero-order valence-electron chi connectivity index (χ0n) is 31.1. The predicted octanol–water partition coefficient (Wildman–Crippen LogP) is 11.1. The fourth-order valence-electron chi connectivity index (χ4n) is 7.40. The quantitative estimate of drug-likeness (QED) is 0.131. The van der Waals surface area contributed by atoms with Crippen molar-refractivity contribution in [3.63, 3.8) is 0 Å².